The van der Waals surface area contributed by atoms with Gasteiger partial charge in [0.15, 0.2) is 0 Å². The van der Waals surface area contributed by atoms with E-state index in [0.717, 1.165) is 0 Å². The van der Waals surface area contributed by atoms with Gasteiger partial charge in [0.05, 0.1) is 0 Å². The van der Waals surface area contributed by atoms with Crippen LogP contribution >= 0.6 is 0 Å². The summed E-state index contributed by atoms with van der Waals surface area (Å²) in [5.74, 6) is 0. The summed E-state index contributed by atoms with van der Waals surface area (Å²) in [6, 6.07) is 24.8. The molecule has 0 saturated heterocycles. The van der Waals surface area contributed by atoms with E-state index in [-0.39, 0.29) is 0 Å². The zero-order valence-corrected chi connectivity index (χ0v) is 16.3. The van der Waals surface area contributed by atoms with Gasteiger partial charge in [0.1, 0.15) is 0 Å². The standard InChI is InChI=1S/C26H23N/c1-16-14-21(27(3)4)15-17(2)24(16)22-12-11-20-9-8-18-6-5-7-19-10-13-23(22)26(20)25(18)19/h5-15H,1-4H3. The van der Waals surface area contributed by atoms with E-state index in [1.165, 1.54) is 60.3 Å². The van der Waals surface area contributed by atoms with Gasteiger partial charge in [0.2, 0.25) is 0 Å². The molecule has 0 spiro atoms. The Morgan fingerprint density at radius 3 is 1.81 bits per heavy atom. The van der Waals surface area contributed by atoms with Crippen LogP contribution in [0.15, 0.2) is 66.7 Å². The summed E-state index contributed by atoms with van der Waals surface area (Å²) >= 11 is 0. The van der Waals surface area contributed by atoms with Crippen molar-refractivity contribution in [1.82, 2.24) is 0 Å². The van der Waals surface area contributed by atoms with Crippen LogP contribution in [0.4, 0.5) is 5.69 Å². The van der Waals surface area contributed by atoms with Crippen molar-refractivity contribution >= 4 is 38.0 Å². The second-order valence-corrected chi connectivity index (χ2v) is 7.82. The van der Waals surface area contributed by atoms with Gasteiger partial charge in [-0.1, -0.05) is 54.6 Å². The molecule has 0 unspecified atom stereocenters. The molecule has 5 rings (SSSR count). The topological polar surface area (TPSA) is 3.24 Å². The first-order valence-electron chi connectivity index (χ1n) is 9.50. The summed E-state index contributed by atoms with van der Waals surface area (Å²) in [4.78, 5) is 2.17. The number of rotatable bonds is 2. The monoisotopic (exact) mass is 349 g/mol. The van der Waals surface area contributed by atoms with Crippen molar-refractivity contribution in [1.29, 1.82) is 0 Å². The number of anilines is 1. The molecule has 0 fully saturated rings. The molecule has 0 aliphatic carbocycles. The van der Waals surface area contributed by atoms with Crippen LogP contribution in [0.5, 0.6) is 0 Å². The largest absolute Gasteiger partial charge is 0.378 e. The first-order chi connectivity index (χ1) is 13.0. The van der Waals surface area contributed by atoms with Crippen molar-refractivity contribution < 1.29 is 0 Å². The first kappa shape index (κ1) is 16.1. The Labute approximate surface area is 160 Å². The molecule has 0 heterocycles. The molecule has 5 aromatic carbocycles. The van der Waals surface area contributed by atoms with Crippen molar-refractivity contribution in [3.05, 3.63) is 77.9 Å². The van der Waals surface area contributed by atoms with Crippen LogP contribution in [0, 0.1) is 13.8 Å². The lowest BCUT2D eigenvalue weighted by molar-refractivity contribution is 1.12. The number of hydrogen-bond acceptors (Lipinski definition) is 1. The molecule has 27 heavy (non-hydrogen) atoms. The highest BCUT2D eigenvalue weighted by Gasteiger charge is 2.15. The maximum atomic E-state index is 2.30. The van der Waals surface area contributed by atoms with Crippen LogP contribution < -0.4 is 4.90 Å². The Kier molecular flexibility index (Phi) is 3.42. The normalized spacial score (nSPS) is 11.7. The number of hydrogen-bond donors (Lipinski definition) is 0. The highest BCUT2D eigenvalue weighted by molar-refractivity contribution is 6.25. The van der Waals surface area contributed by atoms with E-state index in [0.29, 0.717) is 0 Å². The summed E-state index contributed by atoms with van der Waals surface area (Å²) in [6.45, 7) is 4.46. The first-order valence-corrected chi connectivity index (χ1v) is 9.50. The van der Waals surface area contributed by atoms with Crippen molar-refractivity contribution in [2.75, 3.05) is 19.0 Å². The van der Waals surface area contributed by atoms with Gasteiger partial charge in [-0.05, 0) is 80.6 Å². The molecule has 0 aromatic heterocycles. The van der Waals surface area contributed by atoms with Gasteiger partial charge in [0.25, 0.3) is 0 Å². The van der Waals surface area contributed by atoms with E-state index < -0.39 is 0 Å². The van der Waals surface area contributed by atoms with Gasteiger partial charge >= 0.3 is 0 Å². The average molecular weight is 349 g/mol. The van der Waals surface area contributed by atoms with E-state index in [9.17, 15) is 0 Å². The molecule has 0 amide bonds. The van der Waals surface area contributed by atoms with Crippen LogP contribution in [0.3, 0.4) is 0 Å². The van der Waals surface area contributed by atoms with Crippen LogP contribution in [0.25, 0.3) is 43.4 Å². The molecule has 1 nitrogen and oxygen atoms in total. The third kappa shape index (κ3) is 2.31. The minimum Gasteiger partial charge on any atom is -0.378 e. The summed E-state index contributed by atoms with van der Waals surface area (Å²) in [5.41, 5.74) is 6.61. The maximum absolute atomic E-state index is 2.30. The van der Waals surface area contributed by atoms with Crippen molar-refractivity contribution in [2.24, 2.45) is 0 Å². The summed E-state index contributed by atoms with van der Waals surface area (Å²) in [7, 11) is 4.20. The van der Waals surface area contributed by atoms with Gasteiger partial charge in [-0.2, -0.15) is 0 Å². The number of benzene rings is 5. The Bertz CT molecular complexity index is 1270. The summed E-state index contributed by atoms with van der Waals surface area (Å²) < 4.78 is 0. The average Bonchev–Trinajstić information content (AvgIpc) is 2.66. The Hall–Kier alpha value is -3.06. The fraction of sp³-hybridized carbons (Fsp3) is 0.154. The van der Waals surface area contributed by atoms with Crippen molar-refractivity contribution in [2.45, 2.75) is 13.8 Å². The van der Waals surface area contributed by atoms with Crippen molar-refractivity contribution in [3.63, 3.8) is 0 Å². The maximum Gasteiger partial charge on any atom is 0.0366 e. The van der Waals surface area contributed by atoms with Gasteiger partial charge in [0, 0.05) is 19.8 Å². The molecule has 0 aliphatic heterocycles. The fourth-order valence-corrected chi connectivity index (χ4v) is 4.58. The molecule has 0 bridgehead atoms. The van der Waals surface area contributed by atoms with Gasteiger partial charge in [-0.15, -0.1) is 0 Å². The minimum absolute atomic E-state index is 1.26. The predicted octanol–water partition coefficient (Wildman–Crippen LogP) is 6.93. The van der Waals surface area contributed by atoms with Gasteiger partial charge in [-0.3, -0.25) is 0 Å². The molecular weight excluding hydrogens is 326 g/mol. The summed E-state index contributed by atoms with van der Waals surface area (Å²) in [5, 5.41) is 8.07. The third-order valence-electron chi connectivity index (χ3n) is 5.83. The predicted molar refractivity (Wildman–Crippen MR) is 119 cm³/mol. The van der Waals surface area contributed by atoms with Crippen LogP contribution in [0.2, 0.25) is 0 Å². The molecule has 0 radical (unpaired) electrons. The molecule has 1 heteroatoms. The Balaban J connectivity index is 1.90. The molecule has 5 aromatic rings. The summed E-state index contributed by atoms with van der Waals surface area (Å²) in [6.07, 6.45) is 0. The zero-order valence-electron chi connectivity index (χ0n) is 16.3. The molecule has 0 saturated carbocycles. The molecule has 0 aliphatic rings. The minimum atomic E-state index is 1.26. The highest BCUT2D eigenvalue weighted by atomic mass is 15.1. The van der Waals surface area contributed by atoms with Crippen LogP contribution in [0.1, 0.15) is 11.1 Å². The smallest absolute Gasteiger partial charge is 0.0366 e. The van der Waals surface area contributed by atoms with E-state index in [1.807, 2.05) is 0 Å². The fourth-order valence-electron chi connectivity index (χ4n) is 4.58. The third-order valence-corrected chi connectivity index (χ3v) is 5.83. The molecule has 0 N–H and O–H groups in total. The lowest BCUT2D eigenvalue weighted by Crippen LogP contribution is -2.09. The van der Waals surface area contributed by atoms with E-state index in [1.54, 1.807) is 0 Å². The molecule has 0 atom stereocenters. The highest BCUT2D eigenvalue weighted by Crippen LogP contribution is 2.41. The van der Waals surface area contributed by atoms with E-state index in [4.69, 9.17) is 0 Å². The van der Waals surface area contributed by atoms with E-state index in [2.05, 4.69) is 99.6 Å². The Morgan fingerprint density at radius 2 is 1.19 bits per heavy atom. The second-order valence-electron chi connectivity index (χ2n) is 7.82. The van der Waals surface area contributed by atoms with Crippen LogP contribution in [-0.4, -0.2) is 14.1 Å². The second kappa shape index (κ2) is 5.72. The van der Waals surface area contributed by atoms with Gasteiger partial charge < -0.3 is 4.90 Å². The van der Waals surface area contributed by atoms with Crippen molar-refractivity contribution in [3.8, 4) is 11.1 Å². The van der Waals surface area contributed by atoms with E-state index >= 15 is 0 Å². The van der Waals surface area contributed by atoms with Gasteiger partial charge in [-0.25, -0.2) is 0 Å². The lowest BCUT2D eigenvalue weighted by atomic mass is 9.87. The number of aryl methyl sites for hydroxylation is 2. The molecular formula is C26H23N. The van der Waals surface area contributed by atoms with Crippen LogP contribution in [-0.2, 0) is 0 Å². The zero-order chi connectivity index (χ0) is 18.7. The Morgan fingerprint density at radius 1 is 0.630 bits per heavy atom. The SMILES string of the molecule is Cc1cc(N(C)C)cc(C)c1-c1ccc2ccc3cccc4ccc1c2c34. The lowest BCUT2D eigenvalue weighted by Gasteiger charge is -2.20. The molecule has 132 valence electrons. The quantitative estimate of drug-likeness (QED) is 0.312. The number of nitrogens with zero attached hydrogens (tertiary/aromatic N) is 1.